The Morgan fingerprint density at radius 3 is 2.69 bits per heavy atom. The van der Waals surface area contributed by atoms with Crippen LogP contribution in [0.4, 0.5) is 5.69 Å². The standard InChI is InChI=1S/C18H17N5O3/c1-21-11-13(17(25)22(2)18(21)26)7-8-16(24)20-14-5-3-4-6-15(14)23-10-9-19-12-23/h3-12H,1-2H3,(H,20,24). The Labute approximate surface area is 148 Å². The van der Waals surface area contributed by atoms with Gasteiger partial charge in [0.25, 0.3) is 5.56 Å². The van der Waals surface area contributed by atoms with E-state index in [2.05, 4.69) is 10.3 Å². The number of hydrogen-bond donors (Lipinski definition) is 1. The van der Waals surface area contributed by atoms with Crippen molar-refractivity contribution in [2.75, 3.05) is 5.32 Å². The highest BCUT2D eigenvalue weighted by molar-refractivity contribution is 6.03. The highest BCUT2D eigenvalue weighted by Gasteiger charge is 2.07. The number of para-hydroxylation sites is 2. The molecule has 1 aromatic carbocycles. The van der Waals surface area contributed by atoms with Crippen molar-refractivity contribution in [3.63, 3.8) is 0 Å². The average Bonchev–Trinajstić information content (AvgIpc) is 3.17. The fourth-order valence-corrected chi connectivity index (χ4v) is 2.50. The molecule has 132 valence electrons. The third kappa shape index (κ3) is 3.39. The predicted molar refractivity (Wildman–Crippen MR) is 98.2 cm³/mol. The second-order valence-corrected chi connectivity index (χ2v) is 5.65. The van der Waals surface area contributed by atoms with E-state index >= 15 is 0 Å². The zero-order valence-corrected chi connectivity index (χ0v) is 14.3. The number of nitrogens with zero attached hydrogens (tertiary/aromatic N) is 4. The van der Waals surface area contributed by atoms with Crippen molar-refractivity contribution in [3.8, 4) is 5.69 Å². The predicted octanol–water partition coefficient (Wildman–Crippen LogP) is 0.922. The number of nitrogens with one attached hydrogen (secondary N) is 1. The molecule has 0 saturated carbocycles. The number of benzene rings is 1. The van der Waals surface area contributed by atoms with E-state index < -0.39 is 17.2 Å². The van der Waals surface area contributed by atoms with Gasteiger partial charge in [-0.1, -0.05) is 12.1 Å². The van der Waals surface area contributed by atoms with Gasteiger partial charge in [-0.25, -0.2) is 9.78 Å². The van der Waals surface area contributed by atoms with Gasteiger partial charge in [0.1, 0.15) is 0 Å². The van der Waals surface area contributed by atoms with Crippen molar-refractivity contribution in [2.24, 2.45) is 14.1 Å². The van der Waals surface area contributed by atoms with E-state index in [1.807, 2.05) is 18.2 Å². The molecule has 0 aliphatic rings. The summed E-state index contributed by atoms with van der Waals surface area (Å²) in [4.78, 5) is 40.0. The molecule has 8 heteroatoms. The van der Waals surface area contributed by atoms with Crippen LogP contribution in [-0.2, 0) is 18.9 Å². The monoisotopic (exact) mass is 351 g/mol. The first-order valence-electron chi connectivity index (χ1n) is 7.80. The third-order valence-corrected chi connectivity index (χ3v) is 3.83. The van der Waals surface area contributed by atoms with Gasteiger partial charge < -0.3 is 14.5 Å². The van der Waals surface area contributed by atoms with Crippen molar-refractivity contribution >= 4 is 17.7 Å². The lowest BCUT2D eigenvalue weighted by Crippen LogP contribution is -2.37. The number of anilines is 1. The zero-order valence-electron chi connectivity index (χ0n) is 14.3. The maximum atomic E-state index is 12.3. The minimum Gasteiger partial charge on any atom is -0.321 e. The van der Waals surface area contributed by atoms with Crippen LogP contribution in [-0.4, -0.2) is 24.6 Å². The van der Waals surface area contributed by atoms with Crippen molar-refractivity contribution < 1.29 is 4.79 Å². The molecule has 1 N–H and O–H groups in total. The Kier molecular flexibility index (Phi) is 4.66. The van der Waals surface area contributed by atoms with Crippen molar-refractivity contribution in [2.45, 2.75) is 0 Å². The van der Waals surface area contributed by atoms with Gasteiger partial charge in [0.05, 0.1) is 23.3 Å². The summed E-state index contributed by atoms with van der Waals surface area (Å²) in [6.45, 7) is 0. The van der Waals surface area contributed by atoms with Crippen molar-refractivity contribution in [3.05, 3.63) is 81.7 Å². The van der Waals surface area contributed by atoms with Crippen LogP contribution >= 0.6 is 0 Å². The highest BCUT2D eigenvalue weighted by atomic mass is 16.2. The van der Waals surface area contributed by atoms with Crippen LogP contribution in [0.15, 0.2) is 64.8 Å². The number of rotatable bonds is 4. The zero-order chi connectivity index (χ0) is 18.7. The minimum atomic E-state index is -0.462. The van der Waals surface area contributed by atoms with E-state index in [1.165, 1.54) is 30.0 Å². The summed E-state index contributed by atoms with van der Waals surface area (Å²) in [5, 5.41) is 2.78. The van der Waals surface area contributed by atoms with Crippen LogP contribution in [0, 0.1) is 0 Å². The largest absolute Gasteiger partial charge is 0.330 e. The van der Waals surface area contributed by atoms with Gasteiger partial charge in [-0.3, -0.25) is 14.2 Å². The number of aryl methyl sites for hydroxylation is 1. The topological polar surface area (TPSA) is 90.9 Å². The summed E-state index contributed by atoms with van der Waals surface area (Å²) in [6.07, 6.45) is 9.09. The molecule has 3 aromatic rings. The second kappa shape index (κ2) is 7.06. The average molecular weight is 351 g/mol. The third-order valence-electron chi connectivity index (χ3n) is 3.83. The molecule has 0 bridgehead atoms. The van der Waals surface area contributed by atoms with Crippen LogP contribution < -0.4 is 16.6 Å². The number of imidazole rings is 1. The summed E-state index contributed by atoms with van der Waals surface area (Å²) < 4.78 is 4.06. The molecular formula is C18H17N5O3. The van der Waals surface area contributed by atoms with E-state index in [-0.39, 0.29) is 5.56 Å². The number of hydrogen-bond acceptors (Lipinski definition) is 4. The SMILES string of the molecule is Cn1cc(C=CC(=O)Nc2ccccc2-n2ccnc2)c(=O)n(C)c1=O. The number of amides is 1. The molecule has 0 unspecified atom stereocenters. The van der Waals surface area contributed by atoms with Crippen LogP contribution in [0.3, 0.4) is 0 Å². The molecule has 8 nitrogen and oxygen atoms in total. The van der Waals surface area contributed by atoms with Gasteiger partial charge >= 0.3 is 5.69 Å². The van der Waals surface area contributed by atoms with Gasteiger partial charge in [-0.15, -0.1) is 0 Å². The lowest BCUT2D eigenvalue weighted by molar-refractivity contribution is -0.111. The van der Waals surface area contributed by atoms with Crippen LogP contribution in [0.2, 0.25) is 0 Å². The first-order valence-corrected chi connectivity index (χ1v) is 7.80. The second-order valence-electron chi connectivity index (χ2n) is 5.65. The number of carbonyl (C=O) groups is 1. The normalized spacial score (nSPS) is 11.0. The van der Waals surface area contributed by atoms with Crippen molar-refractivity contribution in [1.82, 2.24) is 18.7 Å². The van der Waals surface area contributed by atoms with E-state index in [4.69, 9.17) is 0 Å². The molecule has 0 aliphatic heterocycles. The molecule has 2 aromatic heterocycles. The van der Waals surface area contributed by atoms with E-state index in [0.29, 0.717) is 5.69 Å². The lowest BCUT2D eigenvalue weighted by atomic mass is 10.2. The molecule has 1 amide bonds. The molecule has 0 saturated heterocycles. The molecule has 0 atom stereocenters. The number of aromatic nitrogens is 4. The van der Waals surface area contributed by atoms with Gasteiger partial charge in [0.15, 0.2) is 0 Å². The molecular weight excluding hydrogens is 334 g/mol. The van der Waals surface area contributed by atoms with Gasteiger partial charge in [0, 0.05) is 38.8 Å². The quantitative estimate of drug-likeness (QED) is 0.708. The smallest absolute Gasteiger partial charge is 0.321 e. The molecule has 26 heavy (non-hydrogen) atoms. The maximum absolute atomic E-state index is 12.3. The Bertz CT molecular complexity index is 1090. The summed E-state index contributed by atoms with van der Waals surface area (Å²) >= 11 is 0. The van der Waals surface area contributed by atoms with Gasteiger partial charge in [-0.05, 0) is 18.2 Å². The minimum absolute atomic E-state index is 0.243. The highest BCUT2D eigenvalue weighted by Crippen LogP contribution is 2.19. The molecule has 0 fully saturated rings. The molecule has 3 rings (SSSR count). The maximum Gasteiger partial charge on any atom is 0.330 e. The van der Waals surface area contributed by atoms with E-state index in [9.17, 15) is 14.4 Å². The molecule has 2 heterocycles. The Hall–Kier alpha value is -3.68. The molecule has 0 radical (unpaired) electrons. The van der Waals surface area contributed by atoms with E-state index in [0.717, 1.165) is 10.3 Å². The molecule has 0 aliphatic carbocycles. The first kappa shape index (κ1) is 17.2. The summed E-state index contributed by atoms with van der Waals surface area (Å²) in [5.41, 5.74) is 0.729. The Morgan fingerprint density at radius 1 is 1.19 bits per heavy atom. The Morgan fingerprint density at radius 2 is 1.96 bits per heavy atom. The van der Waals surface area contributed by atoms with Crippen LogP contribution in [0.5, 0.6) is 0 Å². The molecule has 0 spiro atoms. The lowest BCUT2D eigenvalue weighted by Gasteiger charge is -2.10. The van der Waals surface area contributed by atoms with Crippen LogP contribution in [0.1, 0.15) is 5.56 Å². The Balaban J connectivity index is 1.84. The fraction of sp³-hybridized carbons (Fsp3) is 0.111. The first-order chi connectivity index (χ1) is 12.5. The van der Waals surface area contributed by atoms with Crippen molar-refractivity contribution in [1.29, 1.82) is 0 Å². The van der Waals surface area contributed by atoms with E-state index in [1.54, 1.807) is 36.4 Å². The fourth-order valence-electron chi connectivity index (χ4n) is 2.50. The van der Waals surface area contributed by atoms with Gasteiger partial charge in [-0.2, -0.15) is 0 Å². The summed E-state index contributed by atoms with van der Waals surface area (Å²) in [5.74, 6) is -0.395. The number of carbonyl (C=O) groups excluding carboxylic acids is 1. The van der Waals surface area contributed by atoms with Crippen LogP contribution in [0.25, 0.3) is 11.8 Å². The van der Waals surface area contributed by atoms with Gasteiger partial charge in [0.2, 0.25) is 5.91 Å². The summed E-state index contributed by atoms with van der Waals surface area (Å²) in [7, 11) is 2.93. The summed E-state index contributed by atoms with van der Waals surface area (Å²) in [6, 6.07) is 7.29.